The van der Waals surface area contributed by atoms with Gasteiger partial charge in [-0.1, -0.05) is 55.8 Å². The predicted octanol–water partition coefficient (Wildman–Crippen LogP) is 5.37. The van der Waals surface area contributed by atoms with Crippen LogP contribution in [0.2, 0.25) is 5.02 Å². The number of halogens is 1. The van der Waals surface area contributed by atoms with Crippen LogP contribution in [0.5, 0.6) is 0 Å². The van der Waals surface area contributed by atoms with Crippen molar-refractivity contribution in [2.24, 2.45) is 11.0 Å². The van der Waals surface area contributed by atoms with E-state index in [-0.39, 0.29) is 17.7 Å². The third kappa shape index (κ3) is 4.82. The number of amides is 2. The second kappa shape index (κ2) is 10.1. The van der Waals surface area contributed by atoms with E-state index >= 15 is 0 Å². The molecule has 0 saturated heterocycles. The molecule has 1 unspecified atom stereocenters. The van der Waals surface area contributed by atoms with Crippen LogP contribution in [0.25, 0.3) is 21.8 Å². The maximum Gasteiger partial charge on any atom is 0.262 e. The van der Waals surface area contributed by atoms with E-state index in [1.54, 1.807) is 30.5 Å². The number of nitrogens with zero attached hydrogens (tertiary/aromatic N) is 2. The van der Waals surface area contributed by atoms with E-state index in [0.29, 0.717) is 10.6 Å². The molecular weight excluding hydrogens is 448 g/mol. The fourth-order valence-corrected chi connectivity index (χ4v) is 4.31. The Bertz CT molecular complexity index is 1390. The zero-order chi connectivity index (χ0) is 24.2. The Kier molecular flexibility index (Phi) is 6.98. The number of carbonyl (C=O) groups excluding carboxylic acids is 2. The van der Waals surface area contributed by atoms with Gasteiger partial charge >= 0.3 is 0 Å². The number of hydrogen-bond donors (Lipinski definition) is 2. The number of benzene rings is 3. The first kappa shape index (κ1) is 23.5. The largest absolute Gasteiger partial charge is 0.341 e. The quantitative estimate of drug-likeness (QED) is 0.279. The molecule has 174 valence electrons. The Morgan fingerprint density at radius 1 is 1.00 bits per heavy atom. The summed E-state index contributed by atoms with van der Waals surface area (Å²) in [6, 6.07) is 20.3. The molecule has 7 heteroatoms. The molecule has 6 nitrogen and oxygen atoms in total. The van der Waals surface area contributed by atoms with Crippen molar-refractivity contribution in [2.75, 3.05) is 0 Å². The molecule has 34 heavy (non-hydrogen) atoms. The Balaban J connectivity index is 1.49. The minimum atomic E-state index is -0.742. The minimum Gasteiger partial charge on any atom is -0.341 e. The molecule has 0 spiro atoms. The van der Waals surface area contributed by atoms with Gasteiger partial charge in [0.1, 0.15) is 6.04 Å². The van der Waals surface area contributed by atoms with Gasteiger partial charge in [0.2, 0.25) is 0 Å². The lowest BCUT2D eigenvalue weighted by atomic mass is 10.0. The van der Waals surface area contributed by atoms with E-state index in [1.807, 2.05) is 32.0 Å². The summed E-state index contributed by atoms with van der Waals surface area (Å²) in [6.45, 7) is 6.74. The van der Waals surface area contributed by atoms with Gasteiger partial charge in [-0.2, -0.15) is 5.10 Å². The van der Waals surface area contributed by atoms with Gasteiger partial charge in [0.05, 0.1) is 6.21 Å². The predicted molar refractivity (Wildman–Crippen MR) is 138 cm³/mol. The molecule has 2 N–H and O–H groups in total. The van der Waals surface area contributed by atoms with Crippen molar-refractivity contribution in [1.82, 2.24) is 15.3 Å². The molecule has 0 aliphatic carbocycles. The number of aryl methyl sites for hydroxylation is 1. The molecular formula is C27H27ClN4O2. The normalized spacial score (nSPS) is 12.5. The smallest absolute Gasteiger partial charge is 0.262 e. The zero-order valence-electron chi connectivity index (χ0n) is 19.4. The highest BCUT2D eigenvalue weighted by Gasteiger charge is 2.24. The number of para-hydroxylation sites is 1. The summed E-state index contributed by atoms with van der Waals surface area (Å²) in [5.74, 6) is -0.877. The minimum absolute atomic E-state index is 0.130. The lowest BCUT2D eigenvalue weighted by molar-refractivity contribution is -0.123. The lowest BCUT2D eigenvalue weighted by Crippen LogP contribution is -2.48. The van der Waals surface area contributed by atoms with Gasteiger partial charge in [0.25, 0.3) is 11.8 Å². The summed E-state index contributed by atoms with van der Waals surface area (Å²) in [6.07, 6.45) is 1.62. The highest BCUT2D eigenvalue weighted by molar-refractivity contribution is 6.31. The number of hydrazone groups is 1. The zero-order valence-corrected chi connectivity index (χ0v) is 20.1. The molecule has 1 aromatic heterocycles. The highest BCUT2D eigenvalue weighted by Crippen LogP contribution is 2.29. The first-order valence-electron chi connectivity index (χ1n) is 11.3. The van der Waals surface area contributed by atoms with Crippen LogP contribution in [-0.4, -0.2) is 28.6 Å². The third-order valence-corrected chi connectivity index (χ3v) is 6.06. The molecule has 4 aromatic rings. The van der Waals surface area contributed by atoms with Crippen LogP contribution in [0.15, 0.2) is 71.8 Å². The van der Waals surface area contributed by atoms with Crippen LogP contribution in [-0.2, 0) is 11.3 Å². The van der Waals surface area contributed by atoms with Crippen molar-refractivity contribution in [3.8, 4) is 0 Å². The van der Waals surface area contributed by atoms with Crippen molar-refractivity contribution in [1.29, 1.82) is 0 Å². The fourth-order valence-electron chi connectivity index (χ4n) is 4.12. The Morgan fingerprint density at radius 3 is 2.50 bits per heavy atom. The summed E-state index contributed by atoms with van der Waals surface area (Å²) in [5.41, 5.74) is 6.19. The average Bonchev–Trinajstić information content (AvgIpc) is 3.15. The molecule has 1 heterocycles. The summed E-state index contributed by atoms with van der Waals surface area (Å²) < 4.78 is 2.28. The molecule has 0 radical (unpaired) electrons. The van der Waals surface area contributed by atoms with Crippen molar-refractivity contribution < 1.29 is 9.59 Å². The van der Waals surface area contributed by atoms with E-state index < -0.39 is 6.04 Å². The molecule has 0 bridgehead atoms. The number of fused-ring (bicyclic) bond motifs is 3. The van der Waals surface area contributed by atoms with E-state index in [9.17, 15) is 9.59 Å². The van der Waals surface area contributed by atoms with Crippen LogP contribution in [0.1, 0.15) is 36.7 Å². The Hall–Kier alpha value is -3.64. The summed E-state index contributed by atoms with van der Waals surface area (Å²) in [5, 5.41) is 9.71. The van der Waals surface area contributed by atoms with E-state index in [0.717, 1.165) is 23.0 Å². The van der Waals surface area contributed by atoms with Crippen LogP contribution in [0, 0.1) is 5.92 Å². The third-order valence-electron chi connectivity index (χ3n) is 5.82. The highest BCUT2D eigenvalue weighted by atomic mass is 35.5. The average molecular weight is 475 g/mol. The Morgan fingerprint density at radius 2 is 1.76 bits per heavy atom. The molecule has 0 aliphatic heterocycles. The van der Waals surface area contributed by atoms with Crippen molar-refractivity contribution in [3.05, 3.63) is 82.9 Å². The van der Waals surface area contributed by atoms with Gasteiger partial charge in [-0.15, -0.1) is 0 Å². The molecule has 4 rings (SSSR count). The summed E-state index contributed by atoms with van der Waals surface area (Å²) >= 11 is 5.98. The molecule has 3 aromatic carbocycles. The van der Waals surface area contributed by atoms with Crippen molar-refractivity contribution in [2.45, 2.75) is 33.4 Å². The van der Waals surface area contributed by atoms with E-state index in [2.05, 4.69) is 51.6 Å². The molecule has 0 aliphatic rings. The first-order valence-corrected chi connectivity index (χ1v) is 11.7. The van der Waals surface area contributed by atoms with Gasteiger partial charge in [-0.3, -0.25) is 9.59 Å². The maximum atomic E-state index is 12.8. The molecule has 2 amide bonds. The van der Waals surface area contributed by atoms with Crippen molar-refractivity contribution in [3.63, 3.8) is 0 Å². The standard InChI is InChI=1S/C27H27ClN4O2/c1-4-32-23-11-6-5-10-21(23)22-14-18(12-13-24(22)32)16-29-31-27(34)25(17(2)3)30-26(33)19-8-7-9-20(28)15-19/h5-17,25H,4H2,1-3H3,(H,30,33)(H,31,34)/b29-16-. The van der Waals surface area contributed by atoms with Crippen LogP contribution in [0.3, 0.4) is 0 Å². The number of aromatic nitrogens is 1. The van der Waals surface area contributed by atoms with Crippen LogP contribution < -0.4 is 10.7 Å². The van der Waals surface area contributed by atoms with Crippen molar-refractivity contribution >= 4 is 51.4 Å². The fraction of sp³-hybridized carbons (Fsp3) is 0.222. The van der Waals surface area contributed by atoms with Gasteiger partial charge in [-0.05, 0) is 54.8 Å². The van der Waals surface area contributed by atoms with E-state index in [4.69, 9.17) is 11.6 Å². The van der Waals surface area contributed by atoms with Crippen LogP contribution in [0.4, 0.5) is 0 Å². The summed E-state index contributed by atoms with van der Waals surface area (Å²) in [7, 11) is 0. The maximum absolute atomic E-state index is 12.8. The number of nitrogens with one attached hydrogen (secondary N) is 2. The van der Waals surface area contributed by atoms with Crippen LogP contribution >= 0.6 is 11.6 Å². The van der Waals surface area contributed by atoms with Gasteiger partial charge in [-0.25, -0.2) is 5.43 Å². The number of rotatable bonds is 7. The SMILES string of the molecule is CCn1c2ccccc2c2cc(/C=N\NC(=O)C(NC(=O)c3cccc(Cl)c3)C(C)C)ccc21. The van der Waals surface area contributed by atoms with E-state index in [1.165, 1.54) is 10.9 Å². The molecule has 0 saturated carbocycles. The monoisotopic (exact) mass is 474 g/mol. The van der Waals surface area contributed by atoms with Gasteiger partial charge in [0.15, 0.2) is 0 Å². The second-order valence-electron chi connectivity index (χ2n) is 8.48. The van der Waals surface area contributed by atoms with Gasteiger partial charge < -0.3 is 9.88 Å². The number of hydrogen-bond acceptors (Lipinski definition) is 3. The summed E-state index contributed by atoms with van der Waals surface area (Å²) in [4.78, 5) is 25.3. The number of carbonyl (C=O) groups is 2. The van der Waals surface area contributed by atoms with Gasteiger partial charge in [0, 0.05) is 38.9 Å². The molecule has 0 fully saturated rings. The first-order chi connectivity index (χ1) is 16.4. The molecule has 1 atom stereocenters. The topological polar surface area (TPSA) is 75.5 Å². The Labute approximate surface area is 203 Å². The lowest BCUT2D eigenvalue weighted by Gasteiger charge is -2.20. The second-order valence-corrected chi connectivity index (χ2v) is 8.91.